The van der Waals surface area contributed by atoms with Gasteiger partial charge in [-0.15, -0.1) is 0 Å². The molecule has 1 atom stereocenters. The van der Waals surface area contributed by atoms with Crippen LogP contribution in [0.5, 0.6) is 0 Å². The number of halogens is 4. The summed E-state index contributed by atoms with van der Waals surface area (Å²) in [4.78, 5) is 0. The molecular formula is C15H21ClF3NS. The molecular weight excluding hydrogens is 319 g/mol. The molecule has 0 amide bonds. The first kappa shape index (κ1) is 18.7. The van der Waals surface area contributed by atoms with E-state index in [0.29, 0.717) is 23.9 Å². The molecule has 1 aromatic rings. The molecule has 0 aromatic heterocycles. The Morgan fingerprint density at radius 1 is 1.19 bits per heavy atom. The minimum absolute atomic E-state index is 0.00713. The van der Waals surface area contributed by atoms with E-state index in [4.69, 9.17) is 11.6 Å². The Kier molecular flexibility index (Phi) is 7.92. The minimum Gasteiger partial charge on any atom is -0.316 e. The number of benzene rings is 1. The predicted octanol–water partition coefficient (Wildman–Crippen LogP) is 5.31. The summed E-state index contributed by atoms with van der Waals surface area (Å²) in [5.41, 5.74) is -3.26. The molecule has 6 heteroatoms. The van der Waals surface area contributed by atoms with E-state index < -0.39 is 5.51 Å². The summed E-state index contributed by atoms with van der Waals surface area (Å²) in [5.74, 6) is 0.539. The summed E-state index contributed by atoms with van der Waals surface area (Å²) in [6.07, 6.45) is 0.443. The molecule has 0 saturated heterocycles. The lowest BCUT2D eigenvalue weighted by atomic mass is 9.96. The van der Waals surface area contributed by atoms with Crippen LogP contribution in [0.4, 0.5) is 13.2 Å². The zero-order chi connectivity index (χ0) is 15.9. The van der Waals surface area contributed by atoms with Gasteiger partial charge < -0.3 is 5.32 Å². The third-order valence-electron chi connectivity index (χ3n) is 3.02. The molecule has 0 aliphatic rings. The number of alkyl halides is 3. The van der Waals surface area contributed by atoms with E-state index in [-0.39, 0.29) is 23.4 Å². The Morgan fingerprint density at radius 3 is 2.43 bits per heavy atom. The van der Waals surface area contributed by atoms with Crippen molar-refractivity contribution < 1.29 is 13.2 Å². The quantitative estimate of drug-likeness (QED) is 0.688. The van der Waals surface area contributed by atoms with Crippen LogP contribution in [0.1, 0.15) is 31.7 Å². The second-order valence-electron chi connectivity index (χ2n) is 5.35. The highest BCUT2D eigenvalue weighted by Gasteiger charge is 2.28. The molecule has 0 aliphatic heterocycles. The molecule has 1 nitrogen and oxygen atoms in total. The molecule has 0 heterocycles. The maximum atomic E-state index is 12.3. The third-order valence-corrected chi connectivity index (χ3v) is 4.13. The van der Waals surface area contributed by atoms with E-state index in [0.717, 1.165) is 12.1 Å². The molecule has 120 valence electrons. The van der Waals surface area contributed by atoms with Crippen molar-refractivity contribution >= 4 is 23.4 Å². The first-order valence-corrected chi connectivity index (χ1v) is 8.31. The Labute approximate surface area is 133 Å². The van der Waals surface area contributed by atoms with E-state index in [2.05, 4.69) is 19.2 Å². The van der Waals surface area contributed by atoms with Gasteiger partial charge in [-0.1, -0.05) is 55.4 Å². The fourth-order valence-electron chi connectivity index (χ4n) is 2.04. The largest absolute Gasteiger partial charge is 0.441 e. The Morgan fingerprint density at radius 2 is 1.86 bits per heavy atom. The van der Waals surface area contributed by atoms with Crippen LogP contribution in [-0.2, 0) is 0 Å². The van der Waals surface area contributed by atoms with Gasteiger partial charge in [0.25, 0.3) is 0 Å². The Bertz CT molecular complexity index is 424. The number of thioether (sulfide) groups is 1. The van der Waals surface area contributed by atoms with Crippen LogP contribution in [0.15, 0.2) is 24.3 Å². The van der Waals surface area contributed by atoms with Crippen molar-refractivity contribution in [1.29, 1.82) is 0 Å². The van der Waals surface area contributed by atoms with Crippen LogP contribution in [0, 0.1) is 5.92 Å². The Hall–Kier alpha value is -0.390. The molecule has 21 heavy (non-hydrogen) atoms. The lowest BCUT2D eigenvalue weighted by molar-refractivity contribution is -0.0328. The monoisotopic (exact) mass is 339 g/mol. The Balaban J connectivity index is 2.64. The van der Waals surface area contributed by atoms with Gasteiger partial charge >= 0.3 is 5.51 Å². The van der Waals surface area contributed by atoms with Crippen molar-refractivity contribution in [1.82, 2.24) is 5.32 Å². The van der Waals surface area contributed by atoms with Crippen LogP contribution in [0.2, 0.25) is 5.02 Å². The van der Waals surface area contributed by atoms with Gasteiger partial charge in [0.2, 0.25) is 0 Å². The molecule has 0 saturated carbocycles. The molecule has 0 radical (unpaired) electrons. The van der Waals surface area contributed by atoms with E-state index in [1.54, 1.807) is 6.07 Å². The fraction of sp³-hybridized carbons (Fsp3) is 0.600. The summed E-state index contributed by atoms with van der Waals surface area (Å²) in [6.45, 7) is 5.67. The van der Waals surface area contributed by atoms with Gasteiger partial charge in [-0.3, -0.25) is 0 Å². The van der Waals surface area contributed by atoms with Crippen molar-refractivity contribution in [2.24, 2.45) is 5.92 Å². The first-order chi connectivity index (χ1) is 9.79. The number of hydrogen-bond donors (Lipinski definition) is 1. The molecule has 0 spiro atoms. The standard InChI is InChI=1S/C15H21ClF3NS/c1-11(2)9-20-10-12(7-8-21-15(17,18)19)13-5-3-4-6-14(13)16/h3-6,11-12,20H,7-10H2,1-2H3. The van der Waals surface area contributed by atoms with Gasteiger partial charge in [0, 0.05) is 17.3 Å². The average molecular weight is 340 g/mol. The highest BCUT2D eigenvalue weighted by molar-refractivity contribution is 8.00. The molecule has 0 bridgehead atoms. The maximum absolute atomic E-state index is 12.3. The first-order valence-electron chi connectivity index (χ1n) is 6.95. The van der Waals surface area contributed by atoms with Gasteiger partial charge in [0.15, 0.2) is 0 Å². The molecule has 1 N–H and O–H groups in total. The number of nitrogens with one attached hydrogen (secondary N) is 1. The maximum Gasteiger partial charge on any atom is 0.441 e. The van der Waals surface area contributed by atoms with Crippen LogP contribution in [0.3, 0.4) is 0 Å². The average Bonchev–Trinajstić information content (AvgIpc) is 2.36. The second-order valence-corrected chi connectivity index (χ2v) is 6.92. The summed E-state index contributed by atoms with van der Waals surface area (Å²) < 4.78 is 36.8. The molecule has 0 fully saturated rings. The summed E-state index contributed by atoms with van der Waals surface area (Å²) in [7, 11) is 0. The lowest BCUT2D eigenvalue weighted by Crippen LogP contribution is -2.26. The van der Waals surface area contributed by atoms with Crippen molar-refractivity contribution in [3.63, 3.8) is 0 Å². The van der Waals surface area contributed by atoms with Gasteiger partial charge in [-0.2, -0.15) is 13.2 Å². The van der Waals surface area contributed by atoms with E-state index in [1.807, 2.05) is 18.2 Å². The van der Waals surface area contributed by atoms with Gasteiger partial charge in [-0.25, -0.2) is 0 Å². The fourth-order valence-corrected chi connectivity index (χ4v) is 2.96. The third kappa shape index (κ3) is 7.98. The van der Waals surface area contributed by atoms with Crippen molar-refractivity contribution in [3.05, 3.63) is 34.9 Å². The lowest BCUT2D eigenvalue weighted by Gasteiger charge is -2.20. The van der Waals surface area contributed by atoms with Gasteiger partial charge in [0.05, 0.1) is 0 Å². The molecule has 0 aliphatic carbocycles. The minimum atomic E-state index is -4.17. The topological polar surface area (TPSA) is 12.0 Å². The van der Waals surface area contributed by atoms with Crippen LogP contribution in [-0.4, -0.2) is 24.4 Å². The van der Waals surface area contributed by atoms with E-state index in [9.17, 15) is 13.2 Å². The van der Waals surface area contributed by atoms with Crippen molar-refractivity contribution in [3.8, 4) is 0 Å². The zero-order valence-corrected chi connectivity index (χ0v) is 13.8. The van der Waals surface area contributed by atoms with Crippen LogP contribution >= 0.6 is 23.4 Å². The van der Waals surface area contributed by atoms with Gasteiger partial charge in [-0.05, 0) is 36.4 Å². The van der Waals surface area contributed by atoms with Crippen molar-refractivity contribution in [2.45, 2.75) is 31.7 Å². The second kappa shape index (κ2) is 8.91. The summed E-state index contributed by atoms with van der Waals surface area (Å²) in [6, 6.07) is 7.37. The van der Waals surface area contributed by atoms with Gasteiger partial charge in [0.1, 0.15) is 0 Å². The normalized spacial score (nSPS) is 13.7. The van der Waals surface area contributed by atoms with Crippen LogP contribution in [0.25, 0.3) is 0 Å². The molecule has 1 unspecified atom stereocenters. The van der Waals surface area contributed by atoms with E-state index >= 15 is 0 Å². The molecule has 1 rings (SSSR count). The highest BCUT2D eigenvalue weighted by atomic mass is 35.5. The molecule has 1 aromatic carbocycles. The van der Waals surface area contributed by atoms with Crippen LogP contribution < -0.4 is 5.32 Å². The van der Waals surface area contributed by atoms with Crippen molar-refractivity contribution in [2.75, 3.05) is 18.8 Å². The summed E-state index contributed by atoms with van der Waals surface area (Å²) >= 11 is 6.20. The zero-order valence-electron chi connectivity index (χ0n) is 12.2. The number of hydrogen-bond acceptors (Lipinski definition) is 2. The smallest absolute Gasteiger partial charge is 0.316 e. The summed E-state index contributed by atoms with van der Waals surface area (Å²) in [5, 5.41) is 3.93. The SMILES string of the molecule is CC(C)CNCC(CCSC(F)(F)F)c1ccccc1Cl. The predicted molar refractivity (Wildman–Crippen MR) is 85.0 cm³/mol. The van der Waals surface area contributed by atoms with E-state index in [1.165, 1.54) is 0 Å². The highest BCUT2D eigenvalue weighted by Crippen LogP contribution is 2.34. The number of rotatable bonds is 8.